The Bertz CT molecular complexity index is 1200. The van der Waals surface area contributed by atoms with Gasteiger partial charge in [0.15, 0.2) is 17.2 Å². The summed E-state index contributed by atoms with van der Waals surface area (Å²) in [4.78, 5) is 20.8. The van der Waals surface area contributed by atoms with Crippen molar-refractivity contribution in [3.63, 3.8) is 0 Å². The summed E-state index contributed by atoms with van der Waals surface area (Å²) in [6.07, 6.45) is 8.27. The molecular weight excluding hydrogens is 390 g/mol. The van der Waals surface area contributed by atoms with Gasteiger partial charge in [-0.25, -0.2) is 19.9 Å². The SMILES string of the molecule is N#Cc1c(Cl)cncc1Oc1cccc(CCNc2ncnc3nccnc23)c1. The highest BCUT2D eigenvalue weighted by Gasteiger charge is 2.10. The quantitative estimate of drug-likeness (QED) is 0.517. The lowest BCUT2D eigenvalue weighted by Crippen LogP contribution is -2.08. The molecule has 0 bridgehead atoms. The molecule has 1 N–H and O–H groups in total. The maximum Gasteiger partial charge on any atom is 0.183 e. The van der Waals surface area contributed by atoms with E-state index in [0.717, 1.165) is 12.0 Å². The Kier molecular flexibility index (Phi) is 5.40. The molecule has 4 rings (SSSR count). The number of nitrogens with one attached hydrogen (secondary N) is 1. The number of nitrogens with zero attached hydrogens (tertiary/aromatic N) is 6. The molecular formula is C20H14ClN7O. The van der Waals surface area contributed by atoms with Crippen LogP contribution in [0.1, 0.15) is 11.1 Å². The fourth-order valence-corrected chi connectivity index (χ4v) is 2.94. The Labute approximate surface area is 171 Å². The second-order valence-corrected chi connectivity index (χ2v) is 6.39. The summed E-state index contributed by atoms with van der Waals surface area (Å²) >= 11 is 6.00. The van der Waals surface area contributed by atoms with Gasteiger partial charge in [0, 0.05) is 25.1 Å². The molecule has 0 amide bonds. The predicted molar refractivity (Wildman–Crippen MR) is 108 cm³/mol. The van der Waals surface area contributed by atoms with Crippen LogP contribution >= 0.6 is 11.6 Å². The minimum absolute atomic E-state index is 0.255. The molecule has 0 aliphatic heterocycles. The maximum absolute atomic E-state index is 9.26. The van der Waals surface area contributed by atoms with E-state index in [2.05, 4.69) is 30.2 Å². The summed E-state index contributed by atoms with van der Waals surface area (Å²) in [5.74, 6) is 1.56. The van der Waals surface area contributed by atoms with Crippen molar-refractivity contribution < 1.29 is 4.74 Å². The van der Waals surface area contributed by atoms with Crippen molar-refractivity contribution in [1.29, 1.82) is 5.26 Å². The smallest absolute Gasteiger partial charge is 0.183 e. The number of hydrogen-bond acceptors (Lipinski definition) is 8. The first kappa shape index (κ1) is 18.5. The Morgan fingerprint density at radius 3 is 2.90 bits per heavy atom. The molecule has 29 heavy (non-hydrogen) atoms. The summed E-state index contributed by atoms with van der Waals surface area (Å²) in [6, 6.07) is 9.64. The molecule has 1 aromatic carbocycles. The second-order valence-electron chi connectivity index (χ2n) is 5.98. The number of rotatable bonds is 6. The third-order valence-corrected chi connectivity index (χ3v) is 4.37. The first-order valence-corrected chi connectivity index (χ1v) is 9.08. The van der Waals surface area contributed by atoms with Gasteiger partial charge < -0.3 is 10.1 Å². The monoisotopic (exact) mass is 403 g/mol. The van der Waals surface area contributed by atoms with Crippen LogP contribution in [0.25, 0.3) is 11.2 Å². The van der Waals surface area contributed by atoms with Crippen molar-refractivity contribution >= 4 is 28.6 Å². The van der Waals surface area contributed by atoms with E-state index in [1.54, 1.807) is 12.4 Å². The number of nitriles is 1. The molecule has 0 unspecified atom stereocenters. The predicted octanol–water partition coefficient (Wildman–Crippen LogP) is 3.79. The van der Waals surface area contributed by atoms with E-state index in [9.17, 15) is 5.26 Å². The van der Waals surface area contributed by atoms with E-state index in [1.165, 1.54) is 18.7 Å². The number of anilines is 1. The second kappa shape index (κ2) is 8.46. The van der Waals surface area contributed by atoms with Crippen LogP contribution in [-0.4, -0.2) is 31.5 Å². The van der Waals surface area contributed by atoms with Crippen molar-refractivity contribution in [3.05, 3.63) is 71.5 Å². The number of hydrogen-bond donors (Lipinski definition) is 1. The minimum Gasteiger partial charge on any atom is -0.454 e. The van der Waals surface area contributed by atoms with E-state index in [4.69, 9.17) is 16.3 Å². The lowest BCUT2D eigenvalue weighted by Gasteiger charge is -2.10. The topological polar surface area (TPSA) is 110 Å². The van der Waals surface area contributed by atoms with Crippen LogP contribution < -0.4 is 10.1 Å². The molecule has 3 heterocycles. The molecule has 9 heteroatoms. The Balaban J connectivity index is 1.45. The Morgan fingerprint density at radius 2 is 2.00 bits per heavy atom. The molecule has 0 aliphatic carbocycles. The lowest BCUT2D eigenvalue weighted by atomic mass is 10.1. The zero-order valence-electron chi connectivity index (χ0n) is 15.1. The van der Waals surface area contributed by atoms with Crippen LogP contribution in [0.2, 0.25) is 5.02 Å². The van der Waals surface area contributed by atoms with Gasteiger partial charge in [-0.3, -0.25) is 4.98 Å². The Morgan fingerprint density at radius 1 is 1.10 bits per heavy atom. The van der Waals surface area contributed by atoms with E-state index >= 15 is 0 Å². The standard InChI is InChI=1S/C20H14ClN7O/c21-16-10-23-11-17(15(16)9-22)29-14-3-1-2-13(8-14)4-5-25-19-18-20(28-12-27-19)26-7-6-24-18/h1-3,6-8,10-12H,4-5H2,(H,25,26,27,28). The van der Waals surface area contributed by atoms with Crippen LogP contribution in [-0.2, 0) is 6.42 Å². The van der Waals surface area contributed by atoms with Gasteiger partial charge in [-0.05, 0) is 24.1 Å². The van der Waals surface area contributed by atoms with E-state index < -0.39 is 0 Å². The number of ether oxygens (including phenoxy) is 1. The zero-order chi connectivity index (χ0) is 20.1. The summed E-state index contributed by atoms with van der Waals surface area (Å²) in [7, 11) is 0. The van der Waals surface area contributed by atoms with Crippen molar-refractivity contribution in [2.75, 3.05) is 11.9 Å². The molecule has 3 aromatic heterocycles. The fourth-order valence-electron chi connectivity index (χ4n) is 2.74. The number of halogens is 1. The van der Waals surface area contributed by atoms with Crippen LogP contribution in [0, 0.1) is 11.3 Å². The molecule has 0 radical (unpaired) electrons. The lowest BCUT2D eigenvalue weighted by molar-refractivity contribution is 0.478. The van der Waals surface area contributed by atoms with Gasteiger partial charge in [0.2, 0.25) is 0 Å². The molecule has 0 aliphatic rings. The molecule has 0 saturated carbocycles. The van der Waals surface area contributed by atoms with Gasteiger partial charge in [0.05, 0.1) is 11.2 Å². The summed E-state index contributed by atoms with van der Waals surface area (Å²) in [5, 5.41) is 12.8. The number of aromatic nitrogens is 5. The minimum atomic E-state index is 0.255. The summed E-state index contributed by atoms with van der Waals surface area (Å²) in [6.45, 7) is 0.633. The molecule has 0 saturated heterocycles. The Hall–Kier alpha value is -3.83. The molecule has 0 atom stereocenters. The van der Waals surface area contributed by atoms with Crippen LogP contribution in [0.3, 0.4) is 0 Å². The number of benzene rings is 1. The highest BCUT2D eigenvalue weighted by molar-refractivity contribution is 6.31. The number of pyridine rings is 1. The molecule has 0 spiro atoms. The third-order valence-electron chi connectivity index (χ3n) is 4.08. The van der Waals surface area contributed by atoms with Gasteiger partial charge in [0.25, 0.3) is 0 Å². The van der Waals surface area contributed by atoms with Gasteiger partial charge >= 0.3 is 0 Å². The van der Waals surface area contributed by atoms with Crippen molar-refractivity contribution in [2.24, 2.45) is 0 Å². The summed E-state index contributed by atoms with van der Waals surface area (Å²) < 4.78 is 5.82. The largest absolute Gasteiger partial charge is 0.454 e. The molecule has 4 aromatic rings. The van der Waals surface area contributed by atoms with Gasteiger partial charge in [0.1, 0.15) is 29.2 Å². The van der Waals surface area contributed by atoms with Crippen molar-refractivity contribution in [1.82, 2.24) is 24.9 Å². The average Bonchev–Trinajstić information content (AvgIpc) is 2.74. The van der Waals surface area contributed by atoms with Crippen LogP contribution in [0.4, 0.5) is 5.82 Å². The van der Waals surface area contributed by atoms with E-state index in [1.807, 2.05) is 30.3 Å². The van der Waals surface area contributed by atoms with Crippen molar-refractivity contribution in [3.8, 4) is 17.6 Å². The first-order chi connectivity index (χ1) is 14.2. The fraction of sp³-hybridized carbons (Fsp3) is 0.100. The normalized spacial score (nSPS) is 10.5. The molecule has 8 nitrogen and oxygen atoms in total. The van der Waals surface area contributed by atoms with E-state index in [0.29, 0.717) is 35.0 Å². The molecule has 142 valence electrons. The summed E-state index contributed by atoms with van der Waals surface area (Å²) in [5.41, 5.74) is 2.48. The zero-order valence-corrected chi connectivity index (χ0v) is 15.8. The molecule has 0 fully saturated rings. The van der Waals surface area contributed by atoms with Gasteiger partial charge in [-0.2, -0.15) is 5.26 Å². The third kappa shape index (κ3) is 4.20. The van der Waals surface area contributed by atoms with Gasteiger partial charge in [-0.1, -0.05) is 23.7 Å². The van der Waals surface area contributed by atoms with Gasteiger partial charge in [-0.15, -0.1) is 0 Å². The average molecular weight is 404 g/mol. The maximum atomic E-state index is 9.26. The number of fused-ring (bicyclic) bond motifs is 1. The van der Waals surface area contributed by atoms with Crippen LogP contribution in [0.5, 0.6) is 11.5 Å². The highest BCUT2D eigenvalue weighted by atomic mass is 35.5. The van der Waals surface area contributed by atoms with E-state index in [-0.39, 0.29) is 10.6 Å². The van der Waals surface area contributed by atoms with Crippen molar-refractivity contribution in [2.45, 2.75) is 6.42 Å². The van der Waals surface area contributed by atoms with Crippen LogP contribution in [0.15, 0.2) is 55.4 Å². The highest BCUT2D eigenvalue weighted by Crippen LogP contribution is 2.29. The first-order valence-electron chi connectivity index (χ1n) is 8.70.